The highest BCUT2D eigenvalue weighted by Crippen LogP contribution is 2.43. The van der Waals surface area contributed by atoms with Crippen molar-refractivity contribution in [3.05, 3.63) is 149 Å². The average molecular weight is 633 g/mol. The van der Waals surface area contributed by atoms with E-state index in [0.29, 0.717) is 0 Å². The predicted octanol–water partition coefficient (Wildman–Crippen LogP) is 4.14. The first-order chi connectivity index (χ1) is 22.8. The number of carbonyl (C=O) groups is 3. The number of hydrogen-bond donors (Lipinski definition) is 1. The number of ether oxygens (including phenoxy) is 4. The van der Waals surface area contributed by atoms with E-state index in [1.807, 2.05) is 0 Å². The number of hydrogen-bond acceptors (Lipinski definition) is 11. The van der Waals surface area contributed by atoms with Crippen LogP contribution in [0.2, 0.25) is 0 Å². The summed E-state index contributed by atoms with van der Waals surface area (Å²) in [5.74, 6) is -2.29. The lowest BCUT2D eigenvalue weighted by molar-refractivity contribution is -0.103. The summed E-state index contributed by atoms with van der Waals surface area (Å²) in [5, 5.41) is -0.00354. The van der Waals surface area contributed by atoms with E-state index in [9.17, 15) is 19.2 Å². The zero-order valence-corrected chi connectivity index (χ0v) is 24.8. The molecule has 0 radical (unpaired) electrons. The molecule has 0 aliphatic carbocycles. The number of anilines is 1. The fraction of sp³-hybridized carbons (Fsp3) is 0.143. The molecule has 0 spiro atoms. The molecule has 0 saturated carbocycles. The molecule has 47 heavy (non-hydrogen) atoms. The van der Waals surface area contributed by atoms with Crippen molar-refractivity contribution >= 4 is 34.8 Å². The van der Waals surface area contributed by atoms with E-state index in [1.165, 1.54) is 29.2 Å². The number of carbonyl (C=O) groups excluding carboxylic acids is 3. The van der Waals surface area contributed by atoms with E-state index < -0.39 is 54.0 Å². The minimum Gasteiger partial charge on any atom is -0.459 e. The van der Waals surface area contributed by atoms with Gasteiger partial charge in [-0.05, 0) is 36.4 Å². The van der Waals surface area contributed by atoms with Crippen molar-refractivity contribution in [2.24, 2.45) is 0 Å². The zero-order chi connectivity index (χ0) is 33.0. The largest absolute Gasteiger partial charge is 0.459 e. The highest BCUT2D eigenvalue weighted by atomic mass is 16.7. The van der Waals surface area contributed by atoms with Crippen molar-refractivity contribution in [1.29, 1.82) is 0 Å². The van der Waals surface area contributed by atoms with Crippen molar-refractivity contribution in [1.82, 2.24) is 14.5 Å². The molecule has 1 aliphatic heterocycles. The van der Waals surface area contributed by atoms with Gasteiger partial charge in [-0.3, -0.25) is 4.79 Å². The van der Waals surface area contributed by atoms with Crippen LogP contribution in [0.3, 0.4) is 0 Å². The van der Waals surface area contributed by atoms with Gasteiger partial charge in [-0.15, -0.1) is 0 Å². The number of pyridine rings is 1. The Morgan fingerprint density at radius 2 is 1.38 bits per heavy atom. The van der Waals surface area contributed by atoms with Crippen LogP contribution in [0.5, 0.6) is 0 Å². The topological polar surface area (TPSA) is 162 Å². The zero-order valence-electron chi connectivity index (χ0n) is 24.8. The number of nitrogens with two attached hydrogens (primary N) is 1. The summed E-state index contributed by atoms with van der Waals surface area (Å²) >= 11 is 0. The van der Waals surface area contributed by atoms with E-state index >= 15 is 0 Å². The van der Waals surface area contributed by atoms with E-state index in [-0.39, 0.29) is 33.5 Å². The number of benzene rings is 3. The second-order valence-corrected chi connectivity index (χ2v) is 10.6. The minimum atomic E-state index is -1.77. The molecule has 5 aromatic rings. The van der Waals surface area contributed by atoms with Gasteiger partial charge in [0.15, 0.2) is 35.1 Å². The summed E-state index contributed by atoms with van der Waals surface area (Å²) < 4.78 is 25.8. The van der Waals surface area contributed by atoms with E-state index in [1.54, 1.807) is 91.0 Å². The Kier molecular flexibility index (Phi) is 8.58. The number of aromatic nitrogens is 3. The maximum atomic E-state index is 13.6. The summed E-state index contributed by atoms with van der Waals surface area (Å²) in [6, 6.07) is 25.9. The summed E-state index contributed by atoms with van der Waals surface area (Å²) in [7, 11) is 0. The Labute approximate surface area is 268 Å². The second-order valence-electron chi connectivity index (χ2n) is 10.6. The molecule has 2 aromatic heterocycles. The SMILES string of the molecule is C=C[C@]1(COC(=O)c2ccccc2)O[C@@H](n2ccc(=O)c3c(N)ncnc32)[C@H](OC(=O)c2ccccc2)[C@@H]1OC(=O)c1ccccc1. The lowest BCUT2D eigenvalue weighted by Crippen LogP contribution is -2.49. The highest BCUT2D eigenvalue weighted by Gasteiger charge is 2.60. The van der Waals surface area contributed by atoms with Crippen LogP contribution < -0.4 is 11.2 Å². The van der Waals surface area contributed by atoms with Crippen LogP contribution in [0, 0.1) is 0 Å². The van der Waals surface area contributed by atoms with Gasteiger partial charge in [0.25, 0.3) is 0 Å². The van der Waals surface area contributed by atoms with Crippen LogP contribution >= 0.6 is 0 Å². The Hall–Kier alpha value is -6.14. The fourth-order valence-electron chi connectivity index (χ4n) is 5.32. The normalized spacial score (nSPS) is 20.3. The molecule has 1 aliphatic rings. The lowest BCUT2D eigenvalue weighted by atomic mass is 9.95. The van der Waals surface area contributed by atoms with Gasteiger partial charge >= 0.3 is 17.9 Å². The van der Waals surface area contributed by atoms with Crippen LogP contribution in [0.4, 0.5) is 5.82 Å². The minimum absolute atomic E-state index is 0.00354. The number of esters is 3. The Morgan fingerprint density at radius 3 is 1.96 bits per heavy atom. The van der Waals surface area contributed by atoms with Gasteiger partial charge in [0.1, 0.15) is 24.1 Å². The molecule has 4 atom stereocenters. The predicted molar refractivity (Wildman–Crippen MR) is 169 cm³/mol. The molecule has 1 fully saturated rings. The van der Waals surface area contributed by atoms with Crippen LogP contribution in [-0.4, -0.2) is 56.9 Å². The van der Waals surface area contributed by atoms with Crippen molar-refractivity contribution in [2.75, 3.05) is 12.3 Å². The molecule has 12 heteroatoms. The summed E-state index contributed by atoms with van der Waals surface area (Å²) in [5.41, 5.74) is 4.58. The van der Waals surface area contributed by atoms with Gasteiger partial charge in [-0.1, -0.05) is 67.3 Å². The van der Waals surface area contributed by atoms with Crippen LogP contribution in [-0.2, 0) is 18.9 Å². The molecule has 12 nitrogen and oxygen atoms in total. The van der Waals surface area contributed by atoms with Gasteiger partial charge in [-0.2, -0.15) is 0 Å². The summed E-state index contributed by atoms with van der Waals surface area (Å²) in [4.78, 5) is 61.3. The van der Waals surface area contributed by atoms with E-state index in [2.05, 4.69) is 16.5 Å². The molecular weight excluding hydrogens is 604 g/mol. The standard InChI is InChI=1S/C35H28N4O8/c1-2-35(20-44-32(41)22-12-6-3-7-13-22)28(46-34(43)24-16-10-5-11-17-24)27(45-33(42)23-14-8-4-9-15-23)31(47-35)39-19-18-25(40)26-29(36)37-21-38-30(26)39/h2-19,21,27-28,31H,1,20H2,(H2,36,37,38)/t27-,28+,31-,35-/m1/s1. The van der Waals surface area contributed by atoms with Crippen LogP contribution in [0.1, 0.15) is 37.3 Å². The van der Waals surface area contributed by atoms with Crippen LogP contribution in [0.25, 0.3) is 11.0 Å². The van der Waals surface area contributed by atoms with Gasteiger partial charge in [-0.25, -0.2) is 24.4 Å². The molecule has 3 aromatic carbocycles. The maximum Gasteiger partial charge on any atom is 0.338 e. The number of rotatable bonds is 9. The van der Waals surface area contributed by atoms with Gasteiger partial charge < -0.3 is 29.2 Å². The molecule has 0 unspecified atom stereocenters. The maximum absolute atomic E-state index is 13.6. The molecule has 0 amide bonds. The number of fused-ring (bicyclic) bond motifs is 1. The van der Waals surface area contributed by atoms with Crippen molar-refractivity contribution < 1.29 is 33.3 Å². The quantitative estimate of drug-likeness (QED) is 0.141. The third-order valence-corrected chi connectivity index (χ3v) is 7.69. The smallest absolute Gasteiger partial charge is 0.338 e. The Morgan fingerprint density at radius 1 is 0.830 bits per heavy atom. The number of nitrogen functional groups attached to an aromatic ring is 1. The molecule has 0 bridgehead atoms. The third-order valence-electron chi connectivity index (χ3n) is 7.69. The second kappa shape index (κ2) is 13.1. The Bertz CT molecular complexity index is 2000. The lowest BCUT2D eigenvalue weighted by Gasteiger charge is -2.31. The molecular formula is C35H28N4O8. The van der Waals surface area contributed by atoms with Crippen LogP contribution in [0.15, 0.2) is 127 Å². The van der Waals surface area contributed by atoms with Gasteiger partial charge in [0.2, 0.25) is 0 Å². The van der Waals surface area contributed by atoms with Gasteiger partial charge in [0.05, 0.1) is 16.7 Å². The summed E-state index contributed by atoms with van der Waals surface area (Å²) in [6.45, 7) is 3.44. The van der Waals surface area contributed by atoms with Crippen molar-refractivity contribution in [3.63, 3.8) is 0 Å². The van der Waals surface area contributed by atoms with E-state index in [4.69, 9.17) is 24.7 Å². The van der Waals surface area contributed by atoms with E-state index in [0.717, 1.165) is 0 Å². The first-order valence-electron chi connectivity index (χ1n) is 14.5. The Balaban J connectivity index is 1.48. The van der Waals surface area contributed by atoms with Crippen molar-refractivity contribution in [3.8, 4) is 0 Å². The first kappa shape index (κ1) is 30.9. The monoisotopic (exact) mass is 632 g/mol. The molecule has 236 valence electrons. The molecule has 3 heterocycles. The molecule has 1 saturated heterocycles. The van der Waals surface area contributed by atoms with Crippen molar-refractivity contribution in [2.45, 2.75) is 24.0 Å². The fourth-order valence-corrected chi connectivity index (χ4v) is 5.32. The highest BCUT2D eigenvalue weighted by molar-refractivity contribution is 5.91. The first-order valence-corrected chi connectivity index (χ1v) is 14.5. The number of nitrogens with zero attached hydrogens (tertiary/aromatic N) is 3. The van der Waals surface area contributed by atoms with Gasteiger partial charge in [0, 0.05) is 12.3 Å². The molecule has 6 rings (SSSR count). The summed E-state index contributed by atoms with van der Waals surface area (Å²) in [6.07, 6.45) is -0.250. The average Bonchev–Trinajstić information content (AvgIpc) is 3.40. The third kappa shape index (κ3) is 6.09. The molecule has 2 N–H and O–H groups in total.